The molecule has 3 aromatic rings. The molecular formula is C21H23BrN4O2S. The van der Waals surface area contributed by atoms with Crippen LogP contribution in [0.3, 0.4) is 0 Å². The summed E-state index contributed by atoms with van der Waals surface area (Å²) in [5.41, 5.74) is 1.63. The van der Waals surface area contributed by atoms with E-state index in [1.807, 2.05) is 50.2 Å². The Morgan fingerprint density at radius 3 is 2.59 bits per heavy atom. The molecule has 0 aliphatic rings. The molecular weight excluding hydrogens is 452 g/mol. The van der Waals surface area contributed by atoms with Gasteiger partial charge in [-0.25, -0.2) is 0 Å². The lowest BCUT2D eigenvalue weighted by atomic mass is 10.1. The van der Waals surface area contributed by atoms with Crippen LogP contribution in [0.5, 0.6) is 0 Å². The molecule has 0 aliphatic heterocycles. The van der Waals surface area contributed by atoms with Gasteiger partial charge in [-0.15, -0.1) is 10.2 Å². The molecule has 3 rings (SSSR count). The number of aromatic nitrogens is 4. The van der Waals surface area contributed by atoms with Gasteiger partial charge in [0.05, 0.1) is 5.25 Å². The summed E-state index contributed by atoms with van der Waals surface area (Å²) in [6.45, 7) is 5.96. The molecule has 0 saturated carbocycles. The maximum Gasteiger partial charge on any atom is 0.192 e. The van der Waals surface area contributed by atoms with Crippen molar-refractivity contribution in [3.63, 3.8) is 0 Å². The molecule has 0 amide bonds. The van der Waals surface area contributed by atoms with E-state index in [0.717, 1.165) is 27.4 Å². The number of ketones is 1. The highest BCUT2D eigenvalue weighted by molar-refractivity contribution is 9.10. The lowest BCUT2D eigenvalue weighted by Gasteiger charge is -2.13. The first-order valence-corrected chi connectivity index (χ1v) is 11.1. The van der Waals surface area contributed by atoms with Gasteiger partial charge in [-0.3, -0.25) is 9.78 Å². The SMILES string of the molecule is CCOCCCn1c(SC(C)C(=O)c2ccc(Br)cc2)nnc1-c1ccncc1. The molecule has 2 heterocycles. The van der Waals surface area contributed by atoms with Crippen molar-refractivity contribution >= 4 is 33.5 Å². The molecule has 152 valence electrons. The molecule has 1 aromatic carbocycles. The first kappa shape index (κ1) is 21.7. The summed E-state index contributed by atoms with van der Waals surface area (Å²) in [7, 11) is 0. The summed E-state index contributed by atoms with van der Waals surface area (Å²) in [5, 5.41) is 9.21. The molecule has 0 aliphatic carbocycles. The number of Topliss-reactive ketones (excluding diaryl/α,β-unsaturated/α-hetero) is 1. The highest BCUT2D eigenvalue weighted by Crippen LogP contribution is 2.28. The van der Waals surface area contributed by atoms with E-state index >= 15 is 0 Å². The third-order valence-electron chi connectivity index (χ3n) is 4.31. The Balaban J connectivity index is 1.80. The highest BCUT2D eigenvalue weighted by atomic mass is 79.9. The van der Waals surface area contributed by atoms with E-state index in [1.54, 1.807) is 12.4 Å². The van der Waals surface area contributed by atoms with Crippen molar-refractivity contribution in [2.24, 2.45) is 0 Å². The van der Waals surface area contributed by atoms with E-state index in [9.17, 15) is 4.79 Å². The minimum Gasteiger partial charge on any atom is -0.382 e. The van der Waals surface area contributed by atoms with Crippen LogP contribution in [-0.4, -0.2) is 44.0 Å². The Morgan fingerprint density at radius 1 is 1.17 bits per heavy atom. The predicted octanol–water partition coefficient (Wildman–Crippen LogP) is 4.89. The number of pyridine rings is 1. The number of carbonyl (C=O) groups excluding carboxylic acids is 1. The number of hydrogen-bond donors (Lipinski definition) is 0. The van der Waals surface area contributed by atoms with Crippen LogP contribution in [0.25, 0.3) is 11.4 Å². The van der Waals surface area contributed by atoms with Gasteiger partial charge in [0, 0.05) is 47.8 Å². The number of hydrogen-bond acceptors (Lipinski definition) is 6. The molecule has 8 heteroatoms. The van der Waals surface area contributed by atoms with E-state index in [0.29, 0.717) is 25.3 Å². The average molecular weight is 475 g/mol. The minimum absolute atomic E-state index is 0.0665. The molecule has 0 radical (unpaired) electrons. The summed E-state index contributed by atoms with van der Waals surface area (Å²) in [5.74, 6) is 0.839. The highest BCUT2D eigenvalue weighted by Gasteiger charge is 2.21. The van der Waals surface area contributed by atoms with Crippen molar-refractivity contribution in [1.29, 1.82) is 0 Å². The molecule has 29 heavy (non-hydrogen) atoms. The van der Waals surface area contributed by atoms with Crippen molar-refractivity contribution in [2.75, 3.05) is 13.2 Å². The van der Waals surface area contributed by atoms with Crippen LogP contribution in [0, 0.1) is 0 Å². The fourth-order valence-electron chi connectivity index (χ4n) is 2.82. The zero-order valence-electron chi connectivity index (χ0n) is 16.4. The number of ether oxygens (including phenoxy) is 1. The van der Waals surface area contributed by atoms with Crippen LogP contribution >= 0.6 is 27.7 Å². The Kier molecular flexibility index (Phi) is 7.97. The number of rotatable bonds is 10. The quantitative estimate of drug-likeness (QED) is 0.236. The van der Waals surface area contributed by atoms with Crippen LogP contribution in [0.15, 0.2) is 58.4 Å². The van der Waals surface area contributed by atoms with Gasteiger partial charge in [0.25, 0.3) is 0 Å². The Hall–Kier alpha value is -2.03. The lowest BCUT2D eigenvalue weighted by Crippen LogP contribution is -2.15. The second-order valence-electron chi connectivity index (χ2n) is 6.38. The monoisotopic (exact) mass is 474 g/mol. The number of nitrogens with zero attached hydrogens (tertiary/aromatic N) is 4. The van der Waals surface area contributed by atoms with Crippen LogP contribution in [0.2, 0.25) is 0 Å². The maximum absolute atomic E-state index is 12.8. The number of benzene rings is 1. The van der Waals surface area contributed by atoms with E-state index < -0.39 is 0 Å². The van der Waals surface area contributed by atoms with Crippen LogP contribution < -0.4 is 0 Å². The van der Waals surface area contributed by atoms with Gasteiger partial charge >= 0.3 is 0 Å². The molecule has 2 aromatic heterocycles. The minimum atomic E-state index is -0.281. The van der Waals surface area contributed by atoms with Gasteiger partial charge < -0.3 is 9.30 Å². The van der Waals surface area contributed by atoms with Gasteiger partial charge in [0.2, 0.25) is 0 Å². The zero-order chi connectivity index (χ0) is 20.6. The van der Waals surface area contributed by atoms with Crippen molar-refractivity contribution in [3.05, 3.63) is 58.8 Å². The second-order valence-corrected chi connectivity index (χ2v) is 8.60. The Morgan fingerprint density at radius 2 is 1.90 bits per heavy atom. The normalized spacial score (nSPS) is 12.1. The summed E-state index contributed by atoms with van der Waals surface area (Å²) in [6.07, 6.45) is 4.31. The summed E-state index contributed by atoms with van der Waals surface area (Å²) in [6, 6.07) is 11.2. The van der Waals surface area contributed by atoms with Crippen LogP contribution in [-0.2, 0) is 11.3 Å². The van der Waals surface area contributed by atoms with Gasteiger partial charge in [-0.1, -0.05) is 39.8 Å². The van der Waals surface area contributed by atoms with Crippen LogP contribution in [0.1, 0.15) is 30.6 Å². The average Bonchev–Trinajstić information content (AvgIpc) is 3.14. The van der Waals surface area contributed by atoms with Crippen molar-refractivity contribution in [1.82, 2.24) is 19.7 Å². The smallest absolute Gasteiger partial charge is 0.192 e. The molecule has 0 bridgehead atoms. The number of carbonyl (C=O) groups is 1. The first-order chi connectivity index (χ1) is 14.1. The summed E-state index contributed by atoms with van der Waals surface area (Å²) >= 11 is 4.83. The van der Waals surface area contributed by atoms with Gasteiger partial charge in [0.1, 0.15) is 0 Å². The topological polar surface area (TPSA) is 69.9 Å². The fraction of sp³-hybridized carbons (Fsp3) is 0.333. The van der Waals surface area contributed by atoms with E-state index in [1.165, 1.54) is 11.8 Å². The molecule has 1 unspecified atom stereocenters. The third-order valence-corrected chi connectivity index (χ3v) is 5.92. The molecule has 6 nitrogen and oxygen atoms in total. The first-order valence-electron chi connectivity index (χ1n) is 9.48. The predicted molar refractivity (Wildman–Crippen MR) is 118 cm³/mol. The maximum atomic E-state index is 12.8. The van der Waals surface area contributed by atoms with Crippen molar-refractivity contribution in [3.8, 4) is 11.4 Å². The number of halogens is 1. The zero-order valence-corrected chi connectivity index (χ0v) is 18.8. The van der Waals surface area contributed by atoms with Crippen molar-refractivity contribution in [2.45, 2.75) is 37.2 Å². The molecule has 0 saturated heterocycles. The Bertz CT molecular complexity index is 932. The van der Waals surface area contributed by atoms with Gasteiger partial charge in [0.15, 0.2) is 16.8 Å². The van der Waals surface area contributed by atoms with Crippen LogP contribution in [0.4, 0.5) is 0 Å². The fourth-order valence-corrected chi connectivity index (χ4v) is 4.04. The molecule has 1 atom stereocenters. The third kappa shape index (κ3) is 5.74. The molecule has 0 fully saturated rings. The summed E-state index contributed by atoms with van der Waals surface area (Å²) < 4.78 is 8.48. The van der Waals surface area contributed by atoms with Gasteiger partial charge in [-0.05, 0) is 44.5 Å². The Labute approximate surface area is 183 Å². The molecule has 0 N–H and O–H groups in total. The van der Waals surface area contributed by atoms with E-state index in [-0.39, 0.29) is 11.0 Å². The second kappa shape index (κ2) is 10.7. The molecule has 0 spiro atoms. The summed E-state index contributed by atoms with van der Waals surface area (Å²) in [4.78, 5) is 16.9. The number of thioether (sulfide) groups is 1. The standard InChI is InChI=1S/C21H23BrN4O2S/c1-3-28-14-4-13-26-20(17-9-11-23-12-10-17)24-25-21(26)29-15(2)19(27)16-5-7-18(22)8-6-16/h5-12,15H,3-4,13-14H2,1-2H3. The van der Waals surface area contributed by atoms with Crippen molar-refractivity contribution < 1.29 is 9.53 Å². The van der Waals surface area contributed by atoms with Gasteiger partial charge in [-0.2, -0.15) is 0 Å². The largest absolute Gasteiger partial charge is 0.382 e. The van der Waals surface area contributed by atoms with E-state index in [2.05, 4.69) is 35.7 Å². The van der Waals surface area contributed by atoms with E-state index in [4.69, 9.17) is 4.74 Å². The lowest BCUT2D eigenvalue weighted by molar-refractivity contribution is 0.0993.